The van der Waals surface area contributed by atoms with E-state index in [1.165, 1.54) is 77.0 Å². The van der Waals surface area contributed by atoms with Crippen molar-refractivity contribution < 1.29 is 28.4 Å². The van der Waals surface area contributed by atoms with Crippen molar-refractivity contribution >= 4 is 13.8 Å². The van der Waals surface area contributed by atoms with Crippen LogP contribution in [0.2, 0.25) is 0 Å². The Morgan fingerprint density at radius 3 is 1.41 bits per heavy atom. The normalized spacial score (nSPS) is 13.0. The summed E-state index contributed by atoms with van der Waals surface area (Å²) in [6, 6.07) is 0. The molecule has 162 valence electrons. The second kappa shape index (κ2) is 18.9. The zero-order valence-electron chi connectivity index (χ0n) is 17.2. The molecular formula is C20H41O6P. The van der Waals surface area contributed by atoms with E-state index in [4.69, 9.17) is 9.79 Å². The highest BCUT2D eigenvalue weighted by atomic mass is 31.2. The van der Waals surface area contributed by atoms with Crippen LogP contribution in [0.1, 0.15) is 110 Å². The molecule has 7 heteroatoms. The van der Waals surface area contributed by atoms with Crippen molar-refractivity contribution in [1.82, 2.24) is 0 Å². The van der Waals surface area contributed by atoms with E-state index in [0.29, 0.717) is 6.42 Å². The molecule has 1 fully saturated rings. The van der Waals surface area contributed by atoms with Crippen molar-refractivity contribution in [3.8, 4) is 0 Å². The molecule has 1 aliphatic heterocycles. The topological polar surface area (TPSA) is 96.4 Å². The van der Waals surface area contributed by atoms with Crippen molar-refractivity contribution in [1.29, 1.82) is 0 Å². The van der Waals surface area contributed by atoms with E-state index in [0.717, 1.165) is 26.1 Å². The second-order valence-corrected chi connectivity index (χ2v) is 8.43. The van der Waals surface area contributed by atoms with Crippen LogP contribution in [0.3, 0.4) is 0 Å². The molecule has 0 aromatic heterocycles. The largest absolute Gasteiger partial charge is 0.526 e. The lowest BCUT2D eigenvalue weighted by atomic mass is 10.0. The number of epoxide rings is 1. The average Bonchev–Trinajstić information content (AvgIpc) is 3.46. The predicted octanol–water partition coefficient (Wildman–Crippen LogP) is 5.90. The van der Waals surface area contributed by atoms with Crippen molar-refractivity contribution in [2.24, 2.45) is 0 Å². The van der Waals surface area contributed by atoms with Gasteiger partial charge in [-0.25, -0.2) is 4.57 Å². The number of ether oxygens (including phenoxy) is 1. The smallest absolute Gasteiger partial charge is 0.377 e. The van der Waals surface area contributed by atoms with E-state index in [1.54, 1.807) is 0 Å². The van der Waals surface area contributed by atoms with Gasteiger partial charge in [0.1, 0.15) is 0 Å². The third-order valence-corrected chi connectivity index (χ3v) is 4.85. The highest BCUT2D eigenvalue weighted by Gasteiger charge is 2.19. The van der Waals surface area contributed by atoms with Gasteiger partial charge in [-0.3, -0.25) is 14.6 Å². The summed E-state index contributed by atoms with van der Waals surface area (Å²) in [5, 5.41) is 0. The van der Waals surface area contributed by atoms with Gasteiger partial charge in [-0.15, -0.1) is 0 Å². The van der Waals surface area contributed by atoms with Gasteiger partial charge in [0.25, 0.3) is 0 Å². The van der Waals surface area contributed by atoms with Crippen LogP contribution in [0, 0.1) is 0 Å². The zero-order chi connectivity index (χ0) is 20.2. The average molecular weight is 409 g/mol. The molecule has 0 radical (unpaired) electrons. The van der Waals surface area contributed by atoms with Crippen LogP contribution in [-0.2, 0) is 18.6 Å². The van der Waals surface area contributed by atoms with Gasteiger partial charge in [0.05, 0.1) is 13.2 Å². The Bertz CT molecular complexity index is 378. The maximum Gasteiger partial charge on any atom is 0.526 e. The lowest BCUT2D eigenvalue weighted by Gasteiger charge is -2.05. The first kappa shape index (κ1) is 26.6. The fraction of sp³-hybridized carbons (Fsp3) is 0.950. The first-order chi connectivity index (χ1) is 13.0. The molecule has 0 unspecified atom stereocenters. The highest BCUT2D eigenvalue weighted by Crippen LogP contribution is 2.36. The van der Waals surface area contributed by atoms with Crippen LogP contribution >= 0.6 is 7.82 Å². The van der Waals surface area contributed by atoms with Crippen LogP contribution in [0.5, 0.6) is 0 Å². The van der Waals surface area contributed by atoms with E-state index in [9.17, 15) is 9.36 Å². The molecule has 0 aliphatic carbocycles. The van der Waals surface area contributed by atoms with Gasteiger partial charge in [0.2, 0.25) is 0 Å². The maximum atomic E-state index is 11.1. The Balaban J connectivity index is 0.00000203. The molecule has 0 atom stereocenters. The van der Waals surface area contributed by atoms with E-state index < -0.39 is 13.8 Å². The van der Waals surface area contributed by atoms with E-state index in [-0.39, 0.29) is 6.42 Å². The van der Waals surface area contributed by atoms with Crippen molar-refractivity contribution in [3.05, 3.63) is 0 Å². The molecule has 1 heterocycles. The Morgan fingerprint density at radius 1 is 0.778 bits per heavy atom. The summed E-state index contributed by atoms with van der Waals surface area (Å²) in [6.45, 7) is 4.25. The summed E-state index contributed by atoms with van der Waals surface area (Å²) in [5.74, 6) is -0.807. The molecule has 2 N–H and O–H groups in total. The SMILES string of the molecule is C1CO1.CCCCCCCCCCCCCCCCCC(=O)OP(=O)(O)O. The fourth-order valence-corrected chi connectivity index (χ4v) is 3.18. The number of phosphoric ester groups is 1. The Hall–Kier alpha value is -0.420. The third kappa shape index (κ3) is 27.9. The first-order valence-corrected chi connectivity index (χ1v) is 12.3. The summed E-state index contributed by atoms with van der Waals surface area (Å²) in [6.07, 6.45) is 18.7. The van der Waals surface area contributed by atoms with E-state index >= 15 is 0 Å². The fourth-order valence-electron chi connectivity index (χ4n) is 2.82. The summed E-state index contributed by atoms with van der Waals surface area (Å²) in [7, 11) is -4.66. The van der Waals surface area contributed by atoms with E-state index in [2.05, 4.69) is 16.2 Å². The molecule has 27 heavy (non-hydrogen) atoms. The van der Waals surface area contributed by atoms with E-state index in [1.807, 2.05) is 0 Å². The van der Waals surface area contributed by atoms with Crippen LogP contribution in [0.4, 0.5) is 0 Å². The van der Waals surface area contributed by atoms with Gasteiger partial charge in [0.15, 0.2) is 0 Å². The van der Waals surface area contributed by atoms with Crippen LogP contribution in [-0.4, -0.2) is 29.0 Å². The minimum atomic E-state index is -4.66. The molecule has 0 bridgehead atoms. The summed E-state index contributed by atoms with van der Waals surface area (Å²) >= 11 is 0. The Morgan fingerprint density at radius 2 is 1.11 bits per heavy atom. The lowest BCUT2D eigenvalue weighted by Crippen LogP contribution is -2.01. The molecule has 1 rings (SSSR count). The number of phosphoric acid groups is 1. The van der Waals surface area contributed by atoms with Gasteiger partial charge in [-0.2, -0.15) is 0 Å². The first-order valence-electron chi connectivity index (χ1n) is 10.8. The summed E-state index contributed by atoms with van der Waals surface area (Å²) in [4.78, 5) is 28.0. The van der Waals surface area contributed by atoms with Gasteiger partial charge in [-0.05, 0) is 6.42 Å². The van der Waals surface area contributed by atoms with Crippen LogP contribution < -0.4 is 0 Å². The number of unbranched alkanes of at least 4 members (excludes halogenated alkanes) is 14. The second-order valence-electron chi connectivity index (χ2n) is 7.27. The summed E-state index contributed by atoms with van der Waals surface area (Å²) in [5.41, 5.74) is 0. The number of carbonyl (C=O) groups excluding carboxylic acids is 1. The van der Waals surface area contributed by atoms with Gasteiger partial charge >= 0.3 is 13.8 Å². The van der Waals surface area contributed by atoms with Crippen LogP contribution in [0.15, 0.2) is 0 Å². The summed E-state index contributed by atoms with van der Waals surface area (Å²) < 4.78 is 18.9. The van der Waals surface area contributed by atoms with Gasteiger partial charge in [-0.1, -0.05) is 96.8 Å². The third-order valence-electron chi connectivity index (χ3n) is 4.41. The number of hydrogen-bond acceptors (Lipinski definition) is 4. The minimum absolute atomic E-state index is 0.0867. The molecule has 0 saturated carbocycles. The number of carbonyl (C=O) groups is 1. The van der Waals surface area contributed by atoms with Crippen LogP contribution in [0.25, 0.3) is 0 Å². The minimum Gasteiger partial charge on any atom is -0.377 e. The molecule has 1 saturated heterocycles. The molecular weight excluding hydrogens is 367 g/mol. The quantitative estimate of drug-likeness (QED) is 0.177. The predicted molar refractivity (Wildman–Crippen MR) is 109 cm³/mol. The van der Waals surface area contributed by atoms with Gasteiger partial charge < -0.3 is 9.26 Å². The standard InChI is InChI=1S/C18H37O5P.C2H4O/c1-2-3-4-5-6-7-8-9-10-11-12-13-14-15-16-17-18(19)23-24(20,21)22;1-2-3-1/h2-17H2,1H3,(H2,20,21,22);1-2H2. The molecule has 6 nitrogen and oxygen atoms in total. The zero-order valence-corrected chi connectivity index (χ0v) is 18.1. The Kier molecular flexibility index (Phi) is 18.6. The van der Waals surface area contributed by atoms with Gasteiger partial charge in [0, 0.05) is 6.42 Å². The van der Waals surface area contributed by atoms with Crippen molar-refractivity contribution in [2.75, 3.05) is 13.2 Å². The molecule has 0 aromatic carbocycles. The number of hydrogen-bond donors (Lipinski definition) is 2. The molecule has 0 amide bonds. The van der Waals surface area contributed by atoms with Crippen molar-refractivity contribution in [2.45, 2.75) is 110 Å². The van der Waals surface area contributed by atoms with Crippen molar-refractivity contribution in [3.63, 3.8) is 0 Å². The molecule has 0 aromatic rings. The Labute approximate surface area is 165 Å². The highest BCUT2D eigenvalue weighted by molar-refractivity contribution is 7.46. The molecule has 0 spiro atoms. The maximum absolute atomic E-state index is 11.1. The molecule has 1 aliphatic rings. The number of rotatable bonds is 17. The monoisotopic (exact) mass is 408 g/mol. The lowest BCUT2D eigenvalue weighted by molar-refractivity contribution is -0.135.